The van der Waals surface area contributed by atoms with E-state index in [1.807, 2.05) is 19.0 Å². The lowest BCUT2D eigenvalue weighted by Crippen LogP contribution is -2.30. The Morgan fingerprint density at radius 2 is 1.95 bits per heavy atom. The quantitative estimate of drug-likeness (QED) is 0.899. The van der Waals surface area contributed by atoms with Crippen LogP contribution >= 0.6 is 0 Å². The molecule has 4 heteroatoms. The number of carbonyl (C=O) groups is 1. The topological polar surface area (TPSA) is 49.6 Å². The number of anilines is 1. The Morgan fingerprint density at radius 1 is 1.26 bits per heavy atom. The number of benzene rings is 1. The fraction of sp³-hybridized carbons (Fsp3) is 0.533. The van der Waals surface area contributed by atoms with Gasteiger partial charge in [0.1, 0.15) is 0 Å². The summed E-state index contributed by atoms with van der Waals surface area (Å²) in [7, 11) is 4.05. The lowest BCUT2D eigenvalue weighted by molar-refractivity contribution is -0.131. The lowest BCUT2D eigenvalue weighted by atomic mass is 10.1. The van der Waals surface area contributed by atoms with Gasteiger partial charge >= 0.3 is 0 Å². The average Bonchev–Trinajstić information content (AvgIpc) is 2.55. The molecule has 1 aliphatic heterocycles. The Hall–Kier alpha value is -1.55. The van der Waals surface area contributed by atoms with Crippen LogP contribution < -0.4 is 10.6 Å². The summed E-state index contributed by atoms with van der Waals surface area (Å²) >= 11 is 0. The number of hydrogen-bond acceptors (Lipinski definition) is 3. The molecule has 19 heavy (non-hydrogen) atoms. The minimum Gasteiger partial charge on any atom is -0.378 e. The summed E-state index contributed by atoms with van der Waals surface area (Å²) < 4.78 is 0. The molecule has 2 rings (SSSR count). The van der Waals surface area contributed by atoms with Crippen molar-refractivity contribution in [1.82, 2.24) is 4.90 Å². The molecule has 1 saturated heterocycles. The van der Waals surface area contributed by atoms with Crippen molar-refractivity contribution in [3.63, 3.8) is 0 Å². The van der Waals surface area contributed by atoms with Crippen molar-refractivity contribution >= 4 is 11.6 Å². The predicted molar refractivity (Wildman–Crippen MR) is 78.0 cm³/mol. The van der Waals surface area contributed by atoms with Gasteiger partial charge < -0.3 is 15.5 Å². The van der Waals surface area contributed by atoms with Crippen LogP contribution in [0.25, 0.3) is 0 Å². The first-order valence-electron chi connectivity index (χ1n) is 6.86. The minimum atomic E-state index is 0.171. The van der Waals surface area contributed by atoms with E-state index in [4.69, 9.17) is 5.73 Å². The Balaban J connectivity index is 2.01. The summed E-state index contributed by atoms with van der Waals surface area (Å²) in [5.74, 6) is 0.227. The van der Waals surface area contributed by atoms with Crippen LogP contribution in [0.15, 0.2) is 24.3 Å². The molecule has 1 fully saturated rings. The van der Waals surface area contributed by atoms with Crippen molar-refractivity contribution in [2.24, 2.45) is 5.73 Å². The van der Waals surface area contributed by atoms with Crippen LogP contribution in [0.2, 0.25) is 0 Å². The van der Waals surface area contributed by atoms with E-state index in [0.29, 0.717) is 13.0 Å². The smallest absolute Gasteiger partial charge is 0.222 e. The molecule has 1 aromatic rings. The highest BCUT2D eigenvalue weighted by Crippen LogP contribution is 2.17. The van der Waals surface area contributed by atoms with E-state index >= 15 is 0 Å². The molecule has 0 spiro atoms. The largest absolute Gasteiger partial charge is 0.378 e. The van der Waals surface area contributed by atoms with Gasteiger partial charge in [-0.25, -0.2) is 0 Å². The first-order valence-corrected chi connectivity index (χ1v) is 6.86. The van der Waals surface area contributed by atoms with E-state index in [2.05, 4.69) is 29.2 Å². The molecule has 4 nitrogen and oxygen atoms in total. The van der Waals surface area contributed by atoms with Gasteiger partial charge in [-0.3, -0.25) is 4.79 Å². The highest BCUT2D eigenvalue weighted by atomic mass is 16.2. The van der Waals surface area contributed by atoms with Crippen molar-refractivity contribution < 1.29 is 4.79 Å². The fourth-order valence-corrected chi connectivity index (χ4v) is 2.34. The molecule has 1 unspecified atom stereocenters. The third-order valence-corrected chi connectivity index (χ3v) is 3.68. The Morgan fingerprint density at radius 3 is 2.58 bits per heavy atom. The van der Waals surface area contributed by atoms with Crippen molar-refractivity contribution in [2.45, 2.75) is 31.8 Å². The summed E-state index contributed by atoms with van der Waals surface area (Å²) in [5.41, 5.74) is 8.27. The normalized spacial score (nSPS) is 20.3. The molecule has 104 valence electrons. The van der Waals surface area contributed by atoms with Gasteiger partial charge in [0, 0.05) is 45.3 Å². The van der Waals surface area contributed by atoms with Crippen LogP contribution in [0, 0.1) is 0 Å². The molecule has 1 heterocycles. The predicted octanol–water partition coefficient (Wildman–Crippen LogP) is 1.59. The first-order chi connectivity index (χ1) is 9.06. The maximum absolute atomic E-state index is 12.0. The zero-order chi connectivity index (χ0) is 13.8. The molecule has 0 aliphatic carbocycles. The first kappa shape index (κ1) is 13.9. The molecule has 0 radical (unpaired) electrons. The Labute approximate surface area is 115 Å². The zero-order valence-electron chi connectivity index (χ0n) is 11.8. The standard InChI is InChI=1S/C15H23N3O/c1-17(2)14-6-3-12(4-7-14)11-18-10-9-13(16)5-8-15(18)19/h3-4,6-7,13H,5,8-11,16H2,1-2H3. The van der Waals surface area contributed by atoms with Gasteiger partial charge in [-0.15, -0.1) is 0 Å². The van der Waals surface area contributed by atoms with Gasteiger partial charge in [-0.05, 0) is 30.5 Å². The van der Waals surface area contributed by atoms with Crippen LogP contribution in [0.1, 0.15) is 24.8 Å². The van der Waals surface area contributed by atoms with Crippen molar-refractivity contribution in [1.29, 1.82) is 0 Å². The van der Waals surface area contributed by atoms with Gasteiger partial charge in [0.15, 0.2) is 0 Å². The number of hydrogen-bond donors (Lipinski definition) is 1. The number of nitrogens with zero attached hydrogens (tertiary/aromatic N) is 2. The molecular weight excluding hydrogens is 238 g/mol. The van der Waals surface area contributed by atoms with Crippen LogP contribution in [0.4, 0.5) is 5.69 Å². The SMILES string of the molecule is CN(C)c1ccc(CN2CCC(N)CCC2=O)cc1. The second-order valence-corrected chi connectivity index (χ2v) is 5.46. The second-order valence-electron chi connectivity index (χ2n) is 5.46. The molecule has 0 aromatic heterocycles. The number of carbonyl (C=O) groups excluding carboxylic acids is 1. The van der Waals surface area contributed by atoms with Gasteiger partial charge in [0.05, 0.1) is 0 Å². The maximum atomic E-state index is 12.0. The van der Waals surface area contributed by atoms with Crippen LogP contribution in [0.5, 0.6) is 0 Å². The van der Waals surface area contributed by atoms with Crippen LogP contribution in [0.3, 0.4) is 0 Å². The molecule has 2 N–H and O–H groups in total. The highest BCUT2D eigenvalue weighted by Gasteiger charge is 2.20. The maximum Gasteiger partial charge on any atom is 0.222 e. The van der Waals surface area contributed by atoms with Crippen molar-refractivity contribution in [2.75, 3.05) is 25.5 Å². The van der Waals surface area contributed by atoms with Crippen molar-refractivity contribution in [3.05, 3.63) is 29.8 Å². The minimum absolute atomic E-state index is 0.171. The summed E-state index contributed by atoms with van der Waals surface area (Å²) in [6.07, 6.45) is 2.30. The molecule has 0 bridgehead atoms. The Bertz CT molecular complexity index is 428. The van der Waals surface area contributed by atoms with Gasteiger partial charge in [0.25, 0.3) is 0 Å². The number of rotatable bonds is 3. The molecule has 1 aromatic carbocycles. The average molecular weight is 261 g/mol. The Kier molecular flexibility index (Phi) is 4.43. The number of amides is 1. The highest BCUT2D eigenvalue weighted by molar-refractivity contribution is 5.76. The van der Waals surface area contributed by atoms with E-state index in [1.165, 1.54) is 11.3 Å². The molecule has 0 saturated carbocycles. The zero-order valence-corrected chi connectivity index (χ0v) is 11.8. The van der Waals surface area contributed by atoms with E-state index < -0.39 is 0 Å². The van der Waals surface area contributed by atoms with E-state index in [1.54, 1.807) is 0 Å². The van der Waals surface area contributed by atoms with E-state index in [9.17, 15) is 4.79 Å². The monoisotopic (exact) mass is 261 g/mol. The van der Waals surface area contributed by atoms with Gasteiger partial charge in [0.2, 0.25) is 5.91 Å². The summed E-state index contributed by atoms with van der Waals surface area (Å²) in [6.45, 7) is 1.47. The summed E-state index contributed by atoms with van der Waals surface area (Å²) in [4.78, 5) is 16.0. The molecule has 1 aliphatic rings. The van der Waals surface area contributed by atoms with Crippen LogP contribution in [-0.4, -0.2) is 37.5 Å². The molecule has 1 atom stereocenters. The number of likely N-dealkylation sites (tertiary alicyclic amines) is 1. The summed E-state index contributed by atoms with van der Waals surface area (Å²) in [6, 6.07) is 8.53. The van der Waals surface area contributed by atoms with E-state index in [0.717, 1.165) is 19.4 Å². The fourth-order valence-electron chi connectivity index (χ4n) is 2.34. The molecular formula is C15H23N3O. The third kappa shape index (κ3) is 3.70. The number of nitrogens with two attached hydrogens (primary N) is 1. The van der Waals surface area contributed by atoms with E-state index in [-0.39, 0.29) is 11.9 Å². The van der Waals surface area contributed by atoms with Crippen molar-refractivity contribution in [3.8, 4) is 0 Å². The van der Waals surface area contributed by atoms with Gasteiger partial charge in [-0.1, -0.05) is 12.1 Å². The second kappa shape index (κ2) is 6.06. The lowest BCUT2D eigenvalue weighted by Gasteiger charge is -2.21. The van der Waals surface area contributed by atoms with Gasteiger partial charge in [-0.2, -0.15) is 0 Å². The molecule has 1 amide bonds. The third-order valence-electron chi connectivity index (χ3n) is 3.68. The van der Waals surface area contributed by atoms with Crippen LogP contribution in [-0.2, 0) is 11.3 Å². The summed E-state index contributed by atoms with van der Waals surface area (Å²) in [5, 5.41) is 0.